The highest BCUT2D eigenvalue weighted by molar-refractivity contribution is 7.26. The van der Waals surface area contributed by atoms with Crippen LogP contribution in [0.4, 0.5) is 0 Å². The average molecular weight is 858 g/mol. The molecule has 0 atom stereocenters. The normalized spacial score (nSPS) is 12.3. The van der Waals surface area contributed by atoms with E-state index in [9.17, 15) is 0 Å². The standard InChI is InChI=1S/C62H35NS2/c1-2-14-38(15-3-1)63-55-30-26-36(32-52(55)48-28-29-49-43-20-12-13-25-56(43)65-62(49)61(48)63)59-44-21-8-10-23-46(44)60(47-24-11-9-22-45(47)59)37-27-31-57-53(33-37)54-34-50-41-18-6-4-16-39(41)40-17-5-7-19-42(40)51(50)35-58(54)64-57/h1-35H. The van der Waals surface area contributed by atoms with E-state index in [1.54, 1.807) is 0 Å². The molecule has 0 saturated heterocycles. The Hall–Kier alpha value is -7.82. The Morgan fingerprint density at radius 1 is 0.262 bits per heavy atom. The van der Waals surface area contributed by atoms with Gasteiger partial charge in [-0.25, -0.2) is 0 Å². The lowest BCUT2D eigenvalue weighted by Crippen LogP contribution is -1.93. The molecule has 0 spiro atoms. The predicted molar refractivity (Wildman–Crippen MR) is 285 cm³/mol. The van der Waals surface area contributed by atoms with Gasteiger partial charge < -0.3 is 4.57 Å². The number of fused-ring (bicyclic) bond motifs is 18. The van der Waals surface area contributed by atoms with Gasteiger partial charge in [0.2, 0.25) is 0 Å². The van der Waals surface area contributed by atoms with Crippen molar-refractivity contribution in [1.29, 1.82) is 0 Å². The third kappa shape index (κ3) is 4.97. The summed E-state index contributed by atoms with van der Waals surface area (Å²) < 4.78 is 7.78. The van der Waals surface area contributed by atoms with Gasteiger partial charge in [0.25, 0.3) is 0 Å². The molecule has 0 unspecified atom stereocenters. The number of nitrogens with zero attached hydrogens (tertiary/aromatic N) is 1. The van der Waals surface area contributed by atoms with Gasteiger partial charge in [0, 0.05) is 52.1 Å². The van der Waals surface area contributed by atoms with Gasteiger partial charge in [0.05, 0.1) is 15.7 Å². The van der Waals surface area contributed by atoms with E-state index >= 15 is 0 Å². The highest BCUT2D eigenvalue weighted by atomic mass is 32.1. The first-order chi connectivity index (χ1) is 32.2. The molecular formula is C62H35NS2. The first kappa shape index (κ1) is 35.6. The van der Waals surface area contributed by atoms with E-state index in [2.05, 4.69) is 217 Å². The molecule has 0 bridgehead atoms. The third-order valence-corrected chi connectivity index (χ3v) is 16.5. The second-order valence-electron chi connectivity index (χ2n) is 17.5. The number of benzene rings is 12. The van der Waals surface area contributed by atoms with E-state index in [1.165, 1.54) is 144 Å². The minimum absolute atomic E-state index is 1.18. The van der Waals surface area contributed by atoms with Crippen LogP contribution in [0.3, 0.4) is 0 Å². The van der Waals surface area contributed by atoms with Crippen molar-refractivity contribution in [1.82, 2.24) is 4.57 Å². The van der Waals surface area contributed by atoms with Crippen LogP contribution in [-0.2, 0) is 0 Å². The van der Waals surface area contributed by atoms with E-state index in [4.69, 9.17) is 0 Å². The van der Waals surface area contributed by atoms with Crippen LogP contribution < -0.4 is 0 Å². The van der Waals surface area contributed by atoms with Gasteiger partial charge in [-0.1, -0.05) is 158 Å². The first-order valence-electron chi connectivity index (χ1n) is 22.3. The summed E-state index contributed by atoms with van der Waals surface area (Å²) in [7, 11) is 0. The van der Waals surface area contributed by atoms with Crippen molar-refractivity contribution in [3.8, 4) is 27.9 Å². The van der Waals surface area contributed by atoms with Crippen molar-refractivity contribution in [3.63, 3.8) is 0 Å². The maximum Gasteiger partial charge on any atom is 0.0719 e. The summed E-state index contributed by atoms with van der Waals surface area (Å²) in [6.45, 7) is 0. The number of hydrogen-bond acceptors (Lipinski definition) is 2. The molecule has 12 aromatic carbocycles. The molecule has 3 heteroatoms. The Bertz CT molecular complexity index is 4470. The topological polar surface area (TPSA) is 4.93 Å². The van der Waals surface area contributed by atoms with Crippen LogP contribution in [0.5, 0.6) is 0 Å². The van der Waals surface area contributed by atoms with Crippen LogP contribution in [0.25, 0.3) is 144 Å². The van der Waals surface area contributed by atoms with Crippen molar-refractivity contribution in [3.05, 3.63) is 212 Å². The van der Waals surface area contributed by atoms with E-state index in [1.807, 2.05) is 22.7 Å². The van der Waals surface area contributed by atoms with E-state index < -0.39 is 0 Å². The van der Waals surface area contributed by atoms with Gasteiger partial charge in [-0.3, -0.25) is 0 Å². The summed E-state index contributed by atoms with van der Waals surface area (Å²) >= 11 is 3.80. The quantitative estimate of drug-likeness (QED) is 0.123. The zero-order chi connectivity index (χ0) is 42.3. The van der Waals surface area contributed by atoms with Crippen LogP contribution in [-0.4, -0.2) is 4.57 Å². The smallest absolute Gasteiger partial charge is 0.0719 e. The molecule has 0 N–H and O–H groups in total. The predicted octanol–water partition coefficient (Wildman–Crippen LogP) is 18.6. The van der Waals surface area contributed by atoms with Crippen molar-refractivity contribution < 1.29 is 0 Å². The van der Waals surface area contributed by atoms with Crippen molar-refractivity contribution in [2.45, 2.75) is 0 Å². The Balaban J connectivity index is 0.976. The Morgan fingerprint density at radius 2 is 0.738 bits per heavy atom. The van der Waals surface area contributed by atoms with Crippen LogP contribution >= 0.6 is 22.7 Å². The van der Waals surface area contributed by atoms with Gasteiger partial charge in [-0.15, -0.1) is 22.7 Å². The minimum Gasteiger partial charge on any atom is -0.308 e. The number of hydrogen-bond donors (Lipinski definition) is 0. The molecule has 0 aliphatic carbocycles. The largest absolute Gasteiger partial charge is 0.308 e. The van der Waals surface area contributed by atoms with Crippen molar-refractivity contribution >= 4 is 139 Å². The highest BCUT2D eigenvalue weighted by Crippen LogP contribution is 2.49. The maximum absolute atomic E-state index is 2.49. The number of aromatic nitrogens is 1. The Kier molecular flexibility index (Phi) is 7.32. The monoisotopic (exact) mass is 857 g/mol. The summed E-state index contributed by atoms with van der Waals surface area (Å²) in [4.78, 5) is 0. The molecule has 15 rings (SSSR count). The highest BCUT2D eigenvalue weighted by Gasteiger charge is 2.22. The van der Waals surface area contributed by atoms with E-state index in [0.717, 1.165) is 0 Å². The zero-order valence-electron chi connectivity index (χ0n) is 35.0. The van der Waals surface area contributed by atoms with Gasteiger partial charge in [-0.2, -0.15) is 0 Å². The molecular weight excluding hydrogens is 823 g/mol. The third-order valence-electron chi connectivity index (χ3n) is 14.1. The fourth-order valence-corrected chi connectivity index (χ4v) is 13.7. The molecule has 300 valence electrons. The number of rotatable bonds is 3. The fourth-order valence-electron chi connectivity index (χ4n) is 11.4. The van der Waals surface area contributed by atoms with Gasteiger partial charge in [-0.05, 0) is 131 Å². The lowest BCUT2D eigenvalue weighted by atomic mass is 9.85. The molecule has 65 heavy (non-hydrogen) atoms. The fraction of sp³-hybridized carbons (Fsp3) is 0. The first-order valence-corrected chi connectivity index (χ1v) is 24.0. The Labute approximate surface area is 381 Å². The van der Waals surface area contributed by atoms with Gasteiger partial charge in [0.15, 0.2) is 0 Å². The molecule has 0 aliphatic rings. The van der Waals surface area contributed by atoms with Crippen molar-refractivity contribution in [2.75, 3.05) is 0 Å². The SMILES string of the molecule is c1ccc(-n2c3ccc(-c4c5ccccc5c(-c5ccc6sc7cc8c9ccccc9c9ccccc9c8cc7c6c5)c5ccccc45)cc3c3ccc4c5ccccc5sc4c32)cc1. The van der Waals surface area contributed by atoms with Gasteiger partial charge >= 0.3 is 0 Å². The summed E-state index contributed by atoms with van der Waals surface area (Å²) in [5.41, 5.74) is 8.70. The van der Waals surface area contributed by atoms with E-state index in [-0.39, 0.29) is 0 Å². The maximum atomic E-state index is 2.49. The molecule has 3 heterocycles. The summed E-state index contributed by atoms with van der Waals surface area (Å²) in [5, 5.41) is 20.7. The van der Waals surface area contributed by atoms with Crippen LogP contribution in [0.1, 0.15) is 0 Å². The molecule has 0 amide bonds. The summed E-state index contributed by atoms with van der Waals surface area (Å²) in [6, 6.07) is 79.6. The minimum atomic E-state index is 1.18. The molecule has 3 aromatic heterocycles. The van der Waals surface area contributed by atoms with Crippen molar-refractivity contribution in [2.24, 2.45) is 0 Å². The van der Waals surface area contributed by atoms with Crippen LogP contribution in [0.2, 0.25) is 0 Å². The van der Waals surface area contributed by atoms with Gasteiger partial charge in [0.1, 0.15) is 0 Å². The summed E-state index contributed by atoms with van der Waals surface area (Å²) in [5.74, 6) is 0. The Morgan fingerprint density at radius 3 is 1.38 bits per heavy atom. The second-order valence-corrected chi connectivity index (χ2v) is 19.6. The average Bonchev–Trinajstić information content (AvgIpc) is 4.04. The lowest BCUT2D eigenvalue weighted by molar-refractivity contribution is 1.19. The zero-order valence-corrected chi connectivity index (χ0v) is 36.6. The second kappa shape index (κ2) is 13.4. The van der Waals surface area contributed by atoms with Crippen LogP contribution in [0, 0.1) is 0 Å². The van der Waals surface area contributed by atoms with E-state index in [0.29, 0.717) is 0 Å². The molecule has 0 fully saturated rings. The molecule has 0 aliphatic heterocycles. The van der Waals surface area contributed by atoms with Crippen LogP contribution in [0.15, 0.2) is 212 Å². The number of para-hydroxylation sites is 1. The number of thiophene rings is 2. The summed E-state index contributed by atoms with van der Waals surface area (Å²) in [6.07, 6.45) is 0. The molecule has 0 radical (unpaired) electrons. The molecule has 0 saturated carbocycles. The molecule has 15 aromatic rings. The lowest BCUT2D eigenvalue weighted by Gasteiger charge is -2.18. The molecule has 1 nitrogen and oxygen atoms in total.